The van der Waals surface area contributed by atoms with Crippen molar-refractivity contribution in [2.75, 3.05) is 55.7 Å². The molecule has 35 heavy (non-hydrogen) atoms. The Labute approximate surface area is 204 Å². The summed E-state index contributed by atoms with van der Waals surface area (Å²) in [5, 5.41) is 0. The first-order chi connectivity index (χ1) is 16.9. The van der Waals surface area contributed by atoms with E-state index in [-0.39, 0.29) is 17.6 Å². The molecule has 9 heteroatoms. The molecule has 1 saturated carbocycles. The van der Waals surface area contributed by atoms with Crippen LogP contribution in [0.25, 0.3) is 0 Å². The van der Waals surface area contributed by atoms with E-state index in [0.717, 1.165) is 45.3 Å². The predicted octanol–water partition coefficient (Wildman–Crippen LogP) is 4.76. The minimum Gasteiger partial charge on any atom is -0.482 e. The molecule has 6 nitrogen and oxygen atoms in total. The molecule has 1 saturated heterocycles. The smallest absolute Gasteiger partial charge is 0.422 e. The van der Waals surface area contributed by atoms with Gasteiger partial charge in [-0.1, -0.05) is 37.5 Å². The molecule has 2 aliphatic rings. The van der Waals surface area contributed by atoms with E-state index in [2.05, 4.69) is 14.8 Å². The van der Waals surface area contributed by atoms with Gasteiger partial charge < -0.3 is 9.64 Å². The molecule has 0 unspecified atom stereocenters. The Hall–Kier alpha value is -2.81. The van der Waals surface area contributed by atoms with Gasteiger partial charge in [0.05, 0.1) is 5.69 Å². The highest BCUT2D eigenvalue weighted by molar-refractivity contribution is 5.94. The number of aromatic nitrogens is 1. The van der Waals surface area contributed by atoms with Crippen molar-refractivity contribution in [1.29, 1.82) is 0 Å². The van der Waals surface area contributed by atoms with Crippen LogP contribution in [-0.2, 0) is 4.79 Å². The second-order valence-corrected chi connectivity index (χ2v) is 9.21. The molecule has 2 fully saturated rings. The van der Waals surface area contributed by atoms with Gasteiger partial charge in [0.15, 0.2) is 6.61 Å². The van der Waals surface area contributed by atoms with Crippen molar-refractivity contribution in [2.45, 2.75) is 38.3 Å². The van der Waals surface area contributed by atoms with Crippen LogP contribution in [0.1, 0.15) is 32.1 Å². The van der Waals surface area contributed by atoms with Crippen molar-refractivity contribution in [3.63, 3.8) is 0 Å². The average Bonchev–Trinajstić information content (AvgIpc) is 2.89. The summed E-state index contributed by atoms with van der Waals surface area (Å²) in [6.45, 7) is 2.83. The minimum atomic E-state index is -4.37. The maximum Gasteiger partial charge on any atom is 0.422 e. The fourth-order valence-corrected chi connectivity index (χ4v) is 4.87. The summed E-state index contributed by atoms with van der Waals surface area (Å²) in [6, 6.07) is 12.5. The Morgan fingerprint density at radius 3 is 2.40 bits per heavy atom. The molecule has 4 rings (SSSR count). The number of nitrogens with zero attached hydrogens (tertiary/aromatic N) is 4. The zero-order valence-electron chi connectivity index (χ0n) is 19.9. The van der Waals surface area contributed by atoms with Gasteiger partial charge in [-0.2, -0.15) is 13.2 Å². The molecular formula is C26H33F3N4O2. The van der Waals surface area contributed by atoms with Crippen LogP contribution in [-0.4, -0.2) is 67.8 Å². The van der Waals surface area contributed by atoms with Crippen molar-refractivity contribution in [1.82, 2.24) is 9.88 Å². The number of benzene rings is 1. The quantitative estimate of drug-likeness (QED) is 0.534. The number of ether oxygens (including phenoxy) is 1. The Bertz CT molecular complexity index is 943. The lowest BCUT2D eigenvalue weighted by Crippen LogP contribution is -2.50. The van der Waals surface area contributed by atoms with Gasteiger partial charge in [0, 0.05) is 51.4 Å². The summed E-state index contributed by atoms with van der Waals surface area (Å²) in [7, 11) is 0. The van der Waals surface area contributed by atoms with Crippen molar-refractivity contribution in [3.05, 3.63) is 48.7 Å². The molecule has 190 valence electrons. The van der Waals surface area contributed by atoms with E-state index in [1.54, 1.807) is 24.4 Å². The van der Waals surface area contributed by atoms with E-state index < -0.39 is 12.8 Å². The molecule has 0 bridgehead atoms. The number of hydrogen-bond donors (Lipinski definition) is 0. The number of anilines is 2. The van der Waals surface area contributed by atoms with Crippen LogP contribution < -0.4 is 14.5 Å². The topological polar surface area (TPSA) is 48.9 Å². The Balaban J connectivity index is 1.34. The molecule has 1 aliphatic carbocycles. The number of carbonyl (C=O) groups excluding carboxylic acids is 1. The van der Waals surface area contributed by atoms with Gasteiger partial charge in [0.2, 0.25) is 5.91 Å². The van der Waals surface area contributed by atoms with E-state index >= 15 is 0 Å². The van der Waals surface area contributed by atoms with Crippen molar-refractivity contribution < 1.29 is 22.7 Å². The monoisotopic (exact) mass is 490 g/mol. The van der Waals surface area contributed by atoms with Gasteiger partial charge in [0.25, 0.3) is 0 Å². The van der Waals surface area contributed by atoms with Crippen molar-refractivity contribution in [3.8, 4) is 5.75 Å². The Kier molecular flexibility index (Phi) is 8.49. The Morgan fingerprint density at radius 1 is 1.00 bits per heavy atom. The zero-order chi connectivity index (χ0) is 24.7. The number of alkyl halides is 3. The molecule has 1 aromatic heterocycles. The van der Waals surface area contributed by atoms with Gasteiger partial charge in [-0.05, 0) is 37.1 Å². The number of piperazine rings is 1. The highest BCUT2D eigenvalue weighted by Gasteiger charge is 2.30. The van der Waals surface area contributed by atoms with Crippen LogP contribution in [0.2, 0.25) is 0 Å². The third kappa shape index (κ3) is 7.10. The fraction of sp³-hybridized carbons (Fsp3) is 0.538. The van der Waals surface area contributed by atoms with E-state index in [1.807, 2.05) is 29.2 Å². The summed E-state index contributed by atoms with van der Waals surface area (Å²) >= 11 is 0. The van der Waals surface area contributed by atoms with Crippen molar-refractivity contribution >= 4 is 17.4 Å². The molecule has 2 aromatic rings. The normalized spacial score (nSPS) is 17.9. The molecule has 2 heterocycles. The van der Waals surface area contributed by atoms with Crippen LogP contribution in [0.5, 0.6) is 5.75 Å². The van der Waals surface area contributed by atoms with E-state index in [9.17, 15) is 18.0 Å². The Morgan fingerprint density at radius 2 is 1.71 bits per heavy atom. The fourth-order valence-electron chi connectivity index (χ4n) is 4.87. The van der Waals surface area contributed by atoms with Gasteiger partial charge in [0.1, 0.15) is 11.6 Å². The first-order valence-corrected chi connectivity index (χ1v) is 12.4. The number of amides is 1. The maximum atomic E-state index is 13.3. The maximum absolute atomic E-state index is 13.3. The van der Waals surface area contributed by atoms with Crippen molar-refractivity contribution in [2.24, 2.45) is 5.92 Å². The summed E-state index contributed by atoms with van der Waals surface area (Å²) in [5.41, 5.74) is 0.680. The highest BCUT2D eigenvalue weighted by Crippen LogP contribution is 2.31. The zero-order valence-corrected chi connectivity index (χ0v) is 19.9. The number of pyridine rings is 1. The third-order valence-corrected chi connectivity index (χ3v) is 6.76. The van der Waals surface area contributed by atoms with Gasteiger partial charge in [-0.3, -0.25) is 14.6 Å². The summed E-state index contributed by atoms with van der Waals surface area (Å²) < 4.78 is 43.0. The first kappa shape index (κ1) is 25.3. The molecular weight excluding hydrogens is 457 g/mol. The standard InChI is InChI=1S/C26H33F3N4O2/c27-26(28,29)20-35-23-11-5-4-10-22(23)32-17-14-31(15-18-32)16-19-33(24-12-6-7-13-30-24)25(34)21-8-2-1-3-9-21/h4-7,10-13,21H,1-3,8-9,14-20H2. The number of halogens is 3. The van der Waals surface area contributed by atoms with Gasteiger partial charge in [-0.15, -0.1) is 0 Å². The summed E-state index contributed by atoms with van der Waals surface area (Å²) in [4.78, 5) is 24.0. The molecule has 0 atom stereocenters. The van der Waals surface area contributed by atoms with E-state index in [0.29, 0.717) is 31.1 Å². The second kappa shape index (κ2) is 11.7. The number of carbonyl (C=O) groups is 1. The van der Waals surface area contributed by atoms with Gasteiger partial charge in [-0.25, -0.2) is 4.98 Å². The summed E-state index contributed by atoms with van der Waals surface area (Å²) in [5.74, 6) is 1.17. The first-order valence-electron chi connectivity index (χ1n) is 12.4. The summed E-state index contributed by atoms with van der Waals surface area (Å²) in [6.07, 6.45) is 2.62. The van der Waals surface area contributed by atoms with Crippen LogP contribution in [0.4, 0.5) is 24.7 Å². The minimum absolute atomic E-state index is 0.0656. The SMILES string of the molecule is O=C(C1CCCCC1)N(CCN1CCN(c2ccccc2OCC(F)(F)F)CC1)c1ccccn1. The predicted molar refractivity (Wildman–Crippen MR) is 130 cm³/mol. The number of hydrogen-bond acceptors (Lipinski definition) is 5. The van der Waals surface area contributed by atoms with E-state index in [4.69, 9.17) is 4.74 Å². The molecule has 0 spiro atoms. The van der Waals surface area contributed by atoms with Crippen LogP contribution in [0.15, 0.2) is 48.7 Å². The van der Waals surface area contributed by atoms with E-state index in [1.165, 1.54) is 6.42 Å². The molecule has 1 amide bonds. The molecule has 1 aliphatic heterocycles. The number of para-hydroxylation sites is 2. The average molecular weight is 491 g/mol. The molecule has 1 aromatic carbocycles. The lowest BCUT2D eigenvalue weighted by molar-refractivity contribution is -0.153. The van der Waals surface area contributed by atoms with Crippen LogP contribution in [0.3, 0.4) is 0 Å². The lowest BCUT2D eigenvalue weighted by Gasteiger charge is -2.38. The van der Waals surface area contributed by atoms with Crippen LogP contribution >= 0.6 is 0 Å². The van der Waals surface area contributed by atoms with Gasteiger partial charge >= 0.3 is 6.18 Å². The highest BCUT2D eigenvalue weighted by atomic mass is 19.4. The molecule has 0 N–H and O–H groups in total. The third-order valence-electron chi connectivity index (χ3n) is 6.76. The molecule has 0 radical (unpaired) electrons. The lowest BCUT2D eigenvalue weighted by atomic mass is 9.88. The largest absolute Gasteiger partial charge is 0.482 e. The van der Waals surface area contributed by atoms with Crippen LogP contribution in [0, 0.1) is 5.92 Å². The number of rotatable bonds is 8. The second-order valence-electron chi connectivity index (χ2n) is 9.21.